The number of carbonyl (C=O) groups is 1. The molecule has 0 aliphatic heterocycles. The number of benzene rings is 1. The van der Waals surface area contributed by atoms with Crippen LogP contribution < -0.4 is 4.74 Å². The van der Waals surface area contributed by atoms with Gasteiger partial charge in [-0.3, -0.25) is 0 Å². The zero-order chi connectivity index (χ0) is 33.4. The predicted octanol–water partition coefficient (Wildman–Crippen LogP) is 10.9. The molecular weight excluding hydrogens is 568 g/mol. The SMILES string of the molecule is COc1cc(/C=C(\C)C(=O)O[C@H]2CC[C@]34C[C@]35CC[C@]3(C)[C@@H]([C@H](C)CCC(C)=C(C)C)CC[C@@]3(C)[C@@H]5CC[C@H]4C2(C)C)ccc1O. The van der Waals surface area contributed by atoms with Gasteiger partial charge >= 0.3 is 5.97 Å². The van der Waals surface area contributed by atoms with Crippen LogP contribution in [0.15, 0.2) is 34.9 Å². The highest BCUT2D eigenvalue weighted by Gasteiger charge is 2.82. The van der Waals surface area contributed by atoms with E-state index < -0.39 is 0 Å². The van der Waals surface area contributed by atoms with Crippen molar-refractivity contribution < 1.29 is 19.4 Å². The molecule has 6 rings (SSSR count). The number of methoxy groups -OCH3 is 1. The summed E-state index contributed by atoms with van der Waals surface area (Å²) in [5.41, 5.74) is 6.27. The van der Waals surface area contributed by atoms with E-state index in [1.54, 1.807) is 23.8 Å². The maximum absolute atomic E-state index is 13.4. The molecule has 0 heterocycles. The predicted molar refractivity (Wildman–Crippen MR) is 188 cm³/mol. The maximum atomic E-state index is 13.4. The van der Waals surface area contributed by atoms with Gasteiger partial charge in [-0.15, -0.1) is 0 Å². The minimum atomic E-state index is -0.230. The molecule has 1 N–H and O–H groups in total. The average molecular weight is 631 g/mol. The minimum absolute atomic E-state index is 0.0401. The summed E-state index contributed by atoms with van der Waals surface area (Å²) in [7, 11) is 1.53. The van der Waals surface area contributed by atoms with Crippen LogP contribution in [0.5, 0.6) is 11.5 Å². The van der Waals surface area contributed by atoms with Crippen LogP contribution in [-0.4, -0.2) is 24.3 Å². The zero-order valence-electron chi connectivity index (χ0n) is 30.6. The fraction of sp³-hybridized carbons (Fsp3) is 0.738. The molecule has 0 amide bonds. The van der Waals surface area contributed by atoms with Crippen LogP contribution in [0.2, 0.25) is 0 Å². The number of allylic oxidation sites excluding steroid dienone is 2. The van der Waals surface area contributed by atoms with Crippen molar-refractivity contribution in [2.75, 3.05) is 7.11 Å². The molecule has 0 radical (unpaired) electrons. The Labute approximate surface area is 279 Å². The summed E-state index contributed by atoms with van der Waals surface area (Å²) < 4.78 is 11.6. The number of phenolic OH excluding ortho intramolecular Hbond substituents is 1. The Hall–Kier alpha value is -2.23. The Bertz CT molecular complexity index is 1430. The summed E-state index contributed by atoms with van der Waals surface area (Å²) >= 11 is 0. The van der Waals surface area contributed by atoms with E-state index in [0.29, 0.717) is 38.9 Å². The van der Waals surface area contributed by atoms with Crippen LogP contribution >= 0.6 is 0 Å². The third-order valence-electron chi connectivity index (χ3n) is 15.8. The third-order valence-corrected chi connectivity index (χ3v) is 15.8. The highest BCUT2D eigenvalue weighted by molar-refractivity contribution is 5.93. The number of rotatable bonds is 8. The molecule has 5 aliphatic carbocycles. The average Bonchev–Trinajstić information content (AvgIpc) is 3.59. The fourth-order valence-electron chi connectivity index (χ4n) is 12.7. The number of aromatic hydroxyl groups is 1. The molecule has 1 aromatic rings. The van der Waals surface area contributed by atoms with Gasteiger partial charge in [0, 0.05) is 11.0 Å². The molecule has 9 atom stereocenters. The van der Waals surface area contributed by atoms with Gasteiger partial charge in [0.15, 0.2) is 11.5 Å². The van der Waals surface area contributed by atoms with Crippen LogP contribution in [0.25, 0.3) is 6.08 Å². The maximum Gasteiger partial charge on any atom is 0.334 e. The zero-order valence-corrected chi connectivity index (χ0v) is 30.6. The number of carbonyl (C=O) groups excluding carboxylic acids is 1. The van der Waals surface area contributed by atoms with Crippen LogP contribution in [-0.2, 0) is 9.53 Å². The summed E-state index contributed by atoms with van der Waals surface area (Å²) in [4.78, 5) is 13.4. The van der Waals surface area contributed by atoms with E-state index in [9.17, 15) is 9.90 Å². The molecule has 1 aromatic carbocycles. The van der Waals surface area contributed by atoms with Crippen molar-refractivity contribution in [1.82, 2.24) is 0 Å². The van der Waals surface area contributed by atoms with Crippen molar-refractivity contribution in [3.8, 4) is 11.5 Å². The largest absolute Gasteiger partial charge is 0.504 e. The van der Waals surface area contributed by atoms with E-state index in [1.165, 1.54) is 76.9 Å². The van der Waals surface area contributed by atoms with E-state index in [-0.39, 0.29) is 23.2 Å². The Morgan fingerprint density at radius 1 is 0.935 bits per heavy atom. The van der Waals surface area contributed by atoms with Gasteiger partial charge in [0.25, 0.3) is 0 Å². The molecular formula is C42H62O4. The van der Waals surface area contributed by atoms with Crippen LogP contribution in [0.3, 0.4) is 0 Å². The fourth-order valence-corrected chi connectivity index (χ4v) is 12.7. The summed E-state index contributed by atoms with van der Waals surface area (Å²) in [6.07, 6.45) is 16.2. The minimum Gasteiger partial charge on any atom is -0.504 e. The summed E-state index contributed by atoms with van der Waals surface area (Å²) in [5, 5.41) is 9.96. The summed E-state index contributed by atoms with van der Waals surface area (Å²) in [6.45, 7) is 21.5. The molecule has 5 saturated carbocycles. The van der Waals surface area contributed by atoms with E-state index in [4.69, 9.17) is 9.47 Å². The van der Waals surface area contributed by atoms with Crippen molar-refractivity contribution in [3.63, 3.8) is 0 Å². The smallest absolute Gasteiger partial charge is 0.334 e. The summed E-state index contributed by atoms with van der Waals surface area (Å²) in [5.74, 6) is 3.35. The van der Waals surface area contributed by atoms with Crippen LogP contribution in [0.1, 0.15) is 139 Å². The van der Waals surface area contributed by atoms with Gasteiger partial charge in [-0.05, 0) is 167 Å². The molecule has 4 nitrogen and oxygen atoms in total. The van der Waals surface area contributed by atoms with E-state index in [1.807, 2.05) is 13.0 Å². The van der Waals surface area contributed by atoms with Gasteiger partial charge in [-0.2, -0.15) is 0 Å². The number of fused-ring (bicyclic) bond motifs is 2. The molecule has 254 valence electrons. The van der Waals surface area contributed by atoms with E-state index in [2.05, 4.69) is 55.4 Å². The first-order valence-corrected chi connectivity index (χ1v) is 18.5. The quantitative estimate of drug-likeness (QED) is 0.176. The Morgan fingerprint density at radius 2 is 1.63 bits per heavy atom. The number of ether oxygens (including phenoxy) is 2. The number of phenols is 1. The first-order chi connectivity index (χ1) is 21.6. The number of hydrogen-bond acceptors (Lipinski definition) is 4. The molecule has 46 heavy (non-hydrogen) atoms. The van der Waals surface area contributed by atoms with Crippen molar-refractivity contribution in [2.24, 2.45) is 50.7 Å². The lowest BCUT2D eigenvalue weighted by atomic mass is 9.41. The lowest BCUT2D eigenvalue weighted by Gasteiger charge is -2.63. The highest BCUT2D eigenvalue weighted by Crippen LogP contribution is 2.89. The van der Waals surface area contributed by atoms with Gasteiger partial charge < -0.3 is 14.6 Å². The van der Waals surface area contributed by atoms with E-state index in [0.717, 1.165) is 29.7 Å². The second-order valence-electron chi connectivity index (χ2n) is 18.0. The number of esters is 1. The molecule has 0 saturated heterocycles. The first kappa shape index (κ1) is 33.7. The first-order valence-electron chi connectivity index (χ1n) is 18.5. The van der Waals surface area contributed by atoms with Gasteiger partial charge in [-0.1, -0.05) is 51.8 Å². The third kappa shape index (κ3) is 4.84. The topological polar surface area (TPSA) is 55.8 Å². The Morgan fingerprint density at radius 3 is 2.33 bits per heavy atom. The molecule has 4 heteroatoms. The van der Waals surface area contributed by atoms with Crippen molar-refractivity contribution in [1.29, 1.82) is 0 Å². The van der Waals surface area contributed by atoms with Crippen molar-refractivity contribution >= 4 is 12.0 Å². The monoisotopic (exact) mass is 630 g/mol. The van der Waals surface area contributed by atoms with Crippen molar-refractivity contribution in [2.45, 2.75) is 139 Å². The molecule has 5 aliphatic rings. The van der Waals surface area contributed by atoms with Crippen LogP contribution in [0, 0.1) is 50.7 Å². The van der Waals surface area contributed by atoms with Gasteiger partial charge in [0.2, 0.25) is 0 Å². The van der Waals surface area contributed by atoms with Crippen molar-refractivity contribution in [3.05, 3.63) is 40.5 Å². The normalized spacial score (nSPS) is 39.7. The van der Waals surface area contributed by atoms with Gasteiger partial charge in [0.1, 0.15) is 6.10 Å². The summed E-state index contributed by atoms with van der Waals surface area (Å²) in [6, 6.07) is 5.14. The Balaban J connectivity index is 1.16. The molecule has 0 aromatic heterocycles. The second-order valence-corrected chi connectivity index (χ2v) is 18.0. The van der Waals surface area contributed by atoms with Crippen LogP contribution in [0.4, 0.5) is 0 Å². The van der Waals surface area contributed by atoms with Gasteiger partial charge in [-0.25, -0.2) is 4.79 Å². The standard InChI is InChI=1S/C42H62O4/c1-26(2)27(3)11-12-28(4)31-17-19-40(9)35-16-15-34-38(6,7)36(18-20-41(34)25-42(35,41)22-21-39(31,40)8)46-37(44)29(5)23-30-13-14-32(43)33(24-30)45-10/h13-14,23-24,28,31,34-36,43H,11-12,15-22,25H2,1-10H3/b29-23+/t28-,31-,34+,35+,36+,39-,40+,41-,42+/m1/s1. The lowest BCUT2D eigenvalue weighted by Crippen LogP contribution is -2.58. The molecule has 2 spiro atoms. The van der Waals surface area contributed by atoms with E-state index >= 15 is 0 Å². The lowest BCUT2D eigenvalue weighted by molar-refractivity contribution is -0.180. The molecule has 0 bridgehead atoms. The molecule has 0 unspecified atom stereocenters. The number of hydrogen-bond donors (Lipinski definition) is 1. The Kier molecular flexibility index (Phi) is 8.37. The van der Waals surface area contributed by atoms with Gasteiger partial charge in [0.05, 0.1) is 7.11 Å². The highest BCUT2D eigenvalue weighted by atomic mass is 16.5. The molecule has 5 fully saturated rings. The second kappa shape index (κ2) is 11.4.